The largest absolute Gasteiger partial charge is 0.497 e. The molecule has 1 aromatic carbocycles. The van der Waals surface area contributed by atoms with Gasteiger partial charge < -0.3 is 24.8 Å². The van der Waals surface area contributed by atoms with Gasteiger partial charge in [0.05, 0.1) is 32.4 Å². The summed E-state index contributed by atoms with van der Waals surface area (Å²) >= 11 is 0. The van der Waals surface area contributed by atoms with Crippen LogP contribution in [-0.2, 0) is 9.53 Å². The van der Waals surface area contributed by atoms with Crippen LogP contribution in [0.4, 0.5) is 4.79 Å². The van der Waals surface area contributed by atoms with Crippen molar-refractivity contribution in [3.05, 3.63) is 35.0 Å². The molecule has 0 bridgehead atoms. The Balaban J connectivity index is 1.87. The third-order valence-electron chi connectivity index (χ3n) is 5.41. The molecule has 28 heavy (non-hydrogen) atoms. The molecule has 0 spiro atoms. The minimum absolute atomic E-state index is 0.377. The number of rotatable bonds is 6. The number of esters is 1. The van der Waals surface area contributed by atoms with E-state index in [2.05, 4.69) is 10.6 Å². The number of ether oxygens (including phenoxy) is 3. The number of urea groups is 1. The first kappa shape index (κ1) is 20.0. The number of benzene rings is 1. The van der Waals surface area contributed by atoms with Gasteiger partial charge in [-0.3, -0.25) is 0 Å². The molecule has 3 rings (SSSR count). The molecule has 2 aliphatic rings. The minimum Gasteiger partial charge on any atom is -0.497 e. The molecule has 1 fully saturated rings. The molecule has 0 saturated heterocycles. The first-order chi connectivity index (χ1) is 13.5. The topological polar surface area (TPSA) is 85.9 Å². The van der Waals surface area contributed by atoms with E-state index < -0.39 is 12.0 Å². The van der Waals surface area contributed by atoms with E-state index in [0.717, 1.165) is 12.8 Å². The fourth-order valence-corrected chi connectivity index (χ4v) is 3.89. The van der Waals surface area contributed by atoms with Crippen molar-refractivity contribution < 1.29 is 23.8 Å². The number of hydrogen-bond donors (Lipinski definition) is 2. The van der Waals surface area contributed by atoms with Crippen LogP contribution in [0.15, 0.2) is 29.5 Å². The fraction of sp³-hybridized carbons (Fsp3) is 0.524. The van der Waals surface area contributed by atoms with Gasteiger partial charge in [0.15, 0.2) is 0 Å². The Bertz CT molecular complexity index is 768. The molecule has 1 aliphatic heterocycles. The molecule has 1 heterocycles. The van der Waals surface area contributed by atoms with Crippen LogP contribution in [0.3, 0.4) is 0 Å². The molecule has 152 valence electrons. The summed E-state index contributed by atoms with van der Waals surface area (Å²) in [4.78, 5) is 25.1. The lowest BCUT2D eigenvalue weighted by Gasteiger charge is -2.30. The third-order valence-corrected chi connectivity index (χ3v) is 5.41. The predicted molar refractivity (Wildman–Crippen MR) is 104 cm³/mol. The zero-order chi connectivity index (χ0) is 20.1. The maximum Gasteiger partial charge on any atom is 0.338 e. The summed E-state index contributed by atoms with van der Waals surface area (Å²) in [6, 6.07) is 4.22. The Kier molecular flexibility index (Phi) is 6.44. The van der Waals surface area contributed by atoms with E-state index in [1.165, 1.54) is 19.3 Å². The second kappa shape index (κ2) is 8.99. The van der Waals surface area contributed by atoms with Crippen molar-refractivity contribution in [1.29, 1.82) is 0 Å². The van der Waals surface area contributed by atoms with Gasteiger partial charge in [-0.25, -0.2) is 9.59 Å². The van der Waals surface area contributed by atoms with E-state index in [0.29, 0.717) is 40.9 Å². The smallest absolute Gasteiger partial charge is 0.338 e. The first-order valence-corrected chi connectivity index (χ1v) is 9.70. The van der Waals surface area contributed by atoms with Crippen molar-refractivity contribution in [3.8, 4) is 11.5 Å². The van der Waals surface area contributed by atoms with Gasteiger partial charge >= 0.3 is 12.0 Å². The van der Waals surface area contributed by atoms with E-state index >= 15 is 0 Å². The lowest BCUT2D eigenvalue weighted by atomic mass is 9.90. The van der Waals surface area contributed by atoms with Crippen LogP contribution in [0, 0.1) is 5.92 Å². The van der Waals surface area contributed by atoms with Crippen LogP contribution in [0.5, 0.6) is 11.5 Å². The highest BCUT2D eigenvalue weighted by Gasteiger charge is 2.34. The molecule has 1 saturated carbocycles. The number of amides is 2. The maximum atomic E-state index is 13.0. The highest BCUT2D eigenvalue weighted by molar-refractivity contribution is 5.95. The summed E-state index contributed by atoms with van der Waals surface area (Å²) in [6.45, 7) is 2.11. The van der Waals surface area contributed by atoms with Gasteiger partial charge in [0, 0.05) is 11.3 Å². The van der Waals surface area contributed by atoms with Crippen LogP contribution in [0.1, 0.15) is 50.6 Å². The first-order valence-electron chi connectivity index (χ1n) is 9.70. The zero-order valence-corrected chi connectivity index (χ0v) is 16.7. The average molecular weight is 388 g/mol. The molecule has 1 aliphatic carbocycles. The van der Waals surface area contributed by atoms with E-state index in [4.69, 9.17) is 14.2 Å². The van der Waals surface area contributed by atoms with Crippen LogP contribution in [0.25, 0.3) is 0 Å². The van der Waals surface area contributed by atoms with Crippen molar-refractivity contribution in [2.24, 2.45) is 5.92 Å². The molecule has 7 heteroatoms. The van der Waals surface area contributed by atoms with Gasteiger partial charge in [-0.05, 0) is 43.9 Å². The Morgan fingerprint density at radius 1 is 1.14 bits per heavy atom. The number of carbonyl (C=O) groups excluding carboxylic acids is 2. The summed E-state index contributed by atoms with van der Waals surface area (Å²) in [5.74, 6) is 1.15. The summed E-state index contributed by atoms with van der Waals surface area (Å²) in [5.41, 5.74) is 1.50. The Morgan fingerprint density at radius 2 is 1.89 bits per heavy atom. The quantitative estimate of drug-likeness (QED) is 0.729. The zero-order valence-electron chi connectivity index (χ0n) is 16.7. The molecule has 0 unspecified atom stereocenters. The fourth-order valence-electron chi connectivity index (χ4n) is 3.89. The number of nitrogens with one attached hydrogen (secondary N) is 2. The summed E-state index contributed by atoms with van der Waals surface area (Å²) < 4.78 is 16.4. The minimum atomic E-state index is -0.683. The van der Waals surface area contributed by atoms with Crippen LogP contribution in [0.2, 0.25) is 0 Å². The second-order valence-electron chi connectivity index (χ2n) is 7.28. The highest BCUT2D eigenvalue weighted by atomic mass is 16.5. The standard InChI is InChI=1S/C21H28N2O5/c1-13-18(20(24)28-12-14-7-5-4-6-8-14)19(23-21(25)22-13)16-11-15(26-2)9-10-17(16)27-3/h9-11,14,19H,4-8,12H2,1-3H3,(H2,22,23,25)/t19-/m0/s1. The van der Waals surface area contributed by atoms with Crippen molar-refractivity contribution in [2.75, 3.05) is 20.8 Å². The van der Waals surface area contributed by atoms with Crippen LogP contribution in [-0.4, -0.2) is 32.8 Å². The van der Waals surface area contributed by atoms with Gasteiger partial charge in [0.1, 0.15) is 11.5 Å². The van der Waals surface area contributed by atoms with Gasteiger partial charge in [0.25, 0.3) is 0 Å². The normalized spacial score (nSPS) is 20.2. The molecule has 2 N–H and O–H groups in total. The Hall–Kier alpha value is -2.70. The SMILES string of the molecule is COc1ccc(OC)c([C@@H]2NC(=O)NC(C)=C2C(=O)OCC2CCCCC2)c1. The molecule has 0 aromatic heterocycles. The molecular formula is C21H28N2O5. The van der Waals surface area contributed by atoms with Crippen molar-refractivity contribution in [2.45, 2.75) is 45.1 Å². The van der Waals surface area contributed by atoms with Gasteiger partial charge in [-0.1, -0.05) is 19.3 Å². The van der Waals surface area contributed by atoms with E-state index in [1.807, 2.05) is 0 Å². The van der Waals surface area contributed by atoms with E-state index in [1.54, 1.807) is 39.3 Å². The molecule has 7 nitrogen and oxygen atoms in total. The lowest BCUT2D eigenvalue weighted by Crippen LogP contribution is -2.45. The predicted octanol–water partition coefficient (Wildman–Crippen LogP) is 3.46. The molecule has 1 atom stereocenters. The summed E-state index contributed by atoms with van der Waals surface area (Å²) in [5, 5.41) is 5.48. The monoisotopic (exact) mass is 388 g/mol. The molecule has 1 aromatic rings. The van der Waals surface area contributed by atoms with Crippen molar-refractivity contribution in [1.82, 2.24) is 10.6 Å². The van der Waals surface area contributed by atoms with Crippen molar-refractivity contribution >= 4 is 12.0 Å². The van der Waals surface area contributed by atoms with Crippen molar-refractivity contribution in [3.63, 3.8) is 0 Å². The molecule has 0 radical (unpaired) electrons. The van der Waals surface area contributed by atoms with Gasteiger partial charge in [0.2, 0.25) is 0 Å². The lowest BCUT2D eigenvalue weighted by molar-refractivity contribution is -0.141. The molecular weight excluding hydrogens is 360 g/mol. The maximum absolute atomic E-state index is 13.0. The highest BCUT2D eigenvalue weighted by Crippen LogP contribution is 2.36. The van der Waals surface area contributed by atoms with E-state index in [9.17, 15) is 9.59 Å². The summed E-state index contributed by atoms with van der Waals surface area (Å²) in [7, 11) is 3.11. The third kappa shape index (κ3) is 4.40. The molecule has 2 amide bonds. The number of carbonyl (C=O) groups is 2. The van der Waals surface area contributed by atoms with Crippen LogP contribution >= 0.6 is 0 Å². The van der Waals surface area contributed by atoms with Gasteiger partial charge in [-0.15, -0.1) is 0 Å². The summed E-state index contributed by atoms with van der Waals surface area (Å²) in [6.07, 6.45) is 5.81. The van der Waals surface area contributed by atoms with Crippen LogP contribution < -0.4 is 20.1 Å². The van der Waals surface area contributed by atoms with Gasteiger partial charge in [-0.2, -0.15) is 0 Å². The van der Waals surface area contributed by atoms with E-state index in [-0.39, 0.29) is 6.03 Å². The Labute approximate surface area is 165 Å². The number of hydrogen-bond acceptors (Lipinski definition) is 5. The average Bonchev–Trinajstić information content (AvgIpc) is 2.71. The number of methoxy groups -OCH3 is 2. The second-order valence-corrected chi connectivity index (χ2v) is 7.28. The Morgan fingerprint density at radius 3 is 2.57 bits per heavy atom. The number of allylic oxidation sites excluding steroid dienone is 1.